The van der Waals surface area contributed by atoms with Crippen LogP contribution in [0.4, 0.5) is 0 Å². The standard InChI is InChI=1S/C30H35NO/c1-24(2)25-14-16-29(17-15-25)32-23-9-20-31-21-18-28(19-22-31)30(26-10-5-3-6-11-26)27-12-7-4-8-13-27/h3-8,10-17,24H,9,18-23H2,1-2H3. The number of piperidine rings is 1. The molecule has 0 atom stereocenters. The van der Waals surface area contributed by atoms with Crippen LogP contribution in [0.5, 0.6) is 5.75 Å². The lowest BCUT2D eigenvalue weighted by Crippen LogP contribution is -2.32. The van der Waals surface area contributed by atoms with Crippen molar-refractivity contribution in [1.29, 1.82) is 0 Å². The van der Waals surface area contributed by atoms with E-state index in [0.29, 0.717) is 5.92 Å². The number of rotatable bonds is 8. The highest BCUT2D eigenvalue weighted by atomic mass is 16.5. The van der Waals surface area contributed by atoms with Crippen molar-refractivity contribution in [3.8, 4) is 5.75 Å². The molecule has 0 aromatic heterocycles. The summed E-state index contributed by atoms with van der Waals surface area (Å²) < 4.78 is 5.97. The van der Waals surface area contributed by atoms with Crippen molar-refractivity contribution in [2.75, 3.05) is 26.2 Å². The van der Waals surface area contributed by atoms with Gasteiger partial charge in [-0.2, -0.15) is 0 Å². The maximum absolute atomic E-state index is 5.97. The van der Waals surface area contributed by atoms with Gasteiger partial charge in [0.05, 0.1) is 6.61 Å². The minimum Gasteiger partial charge on any atom is -0.494 e. The number of nitrogens with zero attached hydrogens (tertiary/aromatic N) is 1. The van der Waals surface area contributed by atoms with E-state index in [0.717, 1.165) is 51.3 Å². The number of hydrogen-bond acceptors (Lipinski definition) is 2. The van der Waals surface area contributed by atoms with Crippen LogP contribution in [0.2, 0.25) is 0 Å². The first kappa shape index (κ1) is 22.4. The summed E-state index contributed by atoms with van der Waals surface area (Å²) in [6.07, 6.45) is 3.34. The SMILES string of the molecule is CC(C)c1ccc(OCCCN2CCC(=C(c3ccccc3)c3ccccc3)CC2)cc1. The molecule has 0 unspecified atom stereocenters. The lowest BCUT2D eigenvalue weighted by atomic mass is 9.88. The monoisotopic (exact) mass is 425 g/mol. The van der Waals surface area contributed by atoms with Crippen molar-refractivity contribution in [2.45, 2.75) is 39.0 Å². The average Bonchev–Trinajstić information content (AvgIpc) is 2.84. The highest BCUT2D eigenvalue weighted by molar-refractivity contribution is 5.82. The Hall–Kier alpha value is -2.84. The van der Waals surface area contributed by atoms with Crippen molar-refractivity contribution in [1.82, 2.24) is 4.90 Å². The minimum absolute atomic E-state index is 0.561. The van der Waals surface area contributed by atoms with E-state index in [1.807, 2.05) is 0 Å². The molecule has 166 valence electrons. The fourth-order valence-electron chi connectivity index (χ4n) is 4.51. The quantitative estimate of drug-likeness (QED) is 0.355. The summed E-state index contributed by atoms with van der Waals surface area (Å²) in [5.41, 5.74) is 7.04. The molecule has 0 amide bonds. The van der Waals surface area contributed by atoms with E-state index in [1.54, 1.807) is 5.57 Å². The molecule has 0 radical (unpaired) electrons. The summed E-state index contributed by atoms with van der Waals surface area (Å²) in [6.45, 7) is 8.57. The molecule has 1 fully saturated rings. The van der Waals surface area contributed by atoms with E-state index in [1.165, 1.54) is 22.3 Å². The zero-order valence-electron chi connectivity index (χ0n) is 19.5. The van der Waals surface area contributed by atoms with Gasteiger partial charge < -0.3 is 9.64 Å². The molecule has 1 saturated heterocycles. The van der Waals surface area contributed by atoms with Crippen LogP contribution in [0.15, 0.2) is 90.5 Å². The number of hydrogen-bond donors (Lipinski definition) is 0. The van der Waals surface area contributed by atoms with E-state index < -0.39 is 0 Å². The third-order valence-electron chi connectivity index (χ3n) is 6.37. The highest BCUT2D eigenvalue weighted by Crippen LogP contribution is 2.32. The van der Waals surface area contributed by atoms with E-state index in [-0.39, 0.29) is 0 Å². The Labute approximate surface area is 193 Å². The van der Waals surface area contributed by atoms with Crippen LogP contribution in [0.1, 0.15) is 55.7 Å². The van der Waals surface area contributed by atoms with Crippen LogP contribution in [-0.4, -0.2) is 31.1 Å². The van der Waals surface area contributed by atoms with E-state index in [2.05, 4.69) is 104 Å². The smallest absolute Gasteiger partial charge is 0.119 e. The number of ether oxygens (including phenoxy) is 1. The minimum atomic E-state index is 0.561. The van der Waals surface area contributed by atoms with E-state index >= 15 is 0 Å². The molecule has 4 rings (SSSR count). The van der Waals surface area contributed by atoms with Crippen LogP contribution in [-0.2, 0) is 0 Å². The summed E-state index contributed by atoms with van der Waals surface area (Å²) in [5, 5.41) is 0. The van der Waals surface area contributed by atoms with Gasteiger partial charge in [-0.15, -0.1) is 0 Å². The zero-order valence-corrected chi connectivity index (χ0v) is 19.5. The van der Waals surface area contributed by atoms with Gasteiger partial charge >= 0.3 is 0 Å². The molecule has 1 heterocycles. The summed E-state index contributed by atoms with van der Waals surface area (Å²) in [5.74, 6) is 1.54. The van der Waals surface area contributed by atoms with Crippen LogP contribution in [0.25, 0.3) is 5.57 Å². The second-order valence-corrected chi connectivity index (χ2v) is 8.98. The van der Waals surface area contributed by atoms with Gasteiger partial charge in [0.25, 0.3) is 0 Å². The fraction of sp³-hybridized carbons (Fsp3) is 0.333. The Balaban J connectivity index is 1.31. The van der Waals surface area contributed by atoms with Gasteiger partial charge in [0.1, 0.15) is 5.75 Å². The number of benzene rings is 3. The third-order valence-corrected chi connectivity index (χ3v) is 6.37. The first-order valence-electron chi connectivity index (χ1n) is 12.0. The van der Waals surface area contributed by atoms with Crippen LogP contribution < -0.4 is 4.74 Å². The molecule has 1 aliphatic rings. The van der Waals surface area contributed by atoms with Gasteiger partial charge in [0.2, 0.25) is 0 Å². The zero-order chi connectivity index (χ0) is 22.2. The maximum Gasteiger partial charge on any atom is 0.119 e. The van der Waals surface area contributed by atoms with Crippen molar-refractivity contribution in [2.24, 2.45) is 0 Å². The fourth-order valence-corrected chi connectivity index (χ4v) is 4.51. The van der Waals surface area contributed by atoms with Crippen LogP contribution >= 0.6 is 0 Å². The van der Waals surface area contributed by atoms with Crippen LogP contribution in [0, 0.1) is 0 Å². The second-order valence-electron chi connectivity index (χ2n) is 8.98. The molecule has 3 aromatic rings. The van der Waals surface area contributed by atoms with E-state index in [9.17, 15) is 0 Å². The maximum atomic E-state index is 5.97. The Morgan fingerprint density at radius 2 is 1.34 bits per heavy atom. The largest absolute Gasteiger partial charge is 0.494 e. The van der Waals surface area contributed by atoms with Crippen molar-refractivity contribution >= 4 is 5.57 Å². The van der Waals surface area contributed by atoms with Crippen molar-refractivity contribution < 1.29 is 4.74 Å². The summed E-state index contributed by atoms with van der Waals surface area (Å²) in [7, 11) is 0. The van der Waals surface area contributed by atoms with Gasteiger partial charge in [-0.05, 0) is 59.6 Å². The first-order valence-corrected chi connectivity index (χ1v) is 12.0. The molecule has 2 heteroatoms. The molecular weight excluding hydrogens is 390 g/mol. The van der Waals surface area contributed by atoms with Crippen molar-refractivity contribution in [3.05, 3.63) is 107 Å². The Morgan fingerprint density at radius 1 is 0.781 bits per heavy atom. The Bertz CT molecular complexity index is 939. The van der Waals surface area contributed by atoms with Gasteiger partial charge in [0, 0.05) is 19.6 Å². The molecule has 1 aliphatic heterocycles. The normalized spacial score (nSPS) is 14.5. The van der Waals surface area contributed by atoms with E-state index in [4.69, 9.17) is 4.74 Å². The lowest BCUT2D eigenvalue weighted by Gasteiger charge is -2.30. The molecule has 0 spiro atoms. The predicted molar refractivity (Wildman–Crippen MR) is 135 cm³/mol. The van der Waals surface area contributed by atoms with Crippen molar-refractivity contribution in [3.63, 3.8) is 0 Å². The summed E-state index contributed by atoms with van der Waals surface area (Å²) in [6, 6.07) is 30.3. The topological polar surface area (TPSA) is 12.5 Å². The molecule has 0 saturated carbocycles. The molecule has 32 heavy (non-hydrogen) atoms. The second kappa shape index (κ2) is 11.2. The van der Waals surface area contributed by atoms with Gasteiger partial charge in [-0.1, -0.05) is 92.2 Å². The molecular formula is C30H35NO. The Kier molecular flexibility index (Phi) is 7.79. The predicted octanol–water partition coefficient (Wildman–Crippen LogP) is 7.18. The average molecular weight is 426 g/mol. The lowest BCUT2D eigenvalue weighted by molar-refractivity contribution is 0.223. The summed E-state index contributed by atoms with van der Waals surface area (Å²) >= 11 is 0. The van der Waals surface area contributed by atoms with Gasteiger partial charge in [-0.3, -0.25) is 0 Å². The molecule has 2 nitrogen and oxygen atoms in total. The van der Waals surface area contributed by atoms with Crippen LogP contribution in [0.3, 0.4) is 0 Å². The molecule has 0 aliphatic carbocycles. The Morgan fingerprint density at radius 3 is 1.88 bits per heavy atom. The van der Waals surface area contributed by atoms with Gasteiger partial charge in [0.15, 0.2) is 0 Å². The third kappa shape index (κ3) is 5.89. The molecule has 0 bridgehead atoms. The highest BCUT2D eigenvalue weighted by Gasteiger charge is 2.18. The van der Waals surface area contributed by atoms with Gasteiger partial charge in [-0.25, -0.2) is 0 Å². The number of likely N-dealkylation sites (tertiary alicyclic amines) is 1. The molecule has 3 aromatic carbocycles. The first-order chi connectivity index (χ1) is 15.7. The molecule has 0 N–H and O–H groups in total. The summed E-state index contributed by atoms with van der Waals surface area (Å²) in [4.78, 5) is 2.59.